The van der Waals surface area contributed by atoms with Crippen molar-refractivity contribution in [2.75, 3.05) is 0 Å². The summed E-state index contributed by atoms with van der Waals surface area (Å²) in [5.41, 5.74) is 7.56. The third-order valence-electron chi connectivity index (χ3n) is 4.61. The van der Waals surface area contributed by atoms with Crippen LogP contribution in [0.2, 0.25) is 0 Å². The first-order valence-electron chi connectivity index (χ1n) is 8.17. The van der Waals surface area contributed by atoms with Crippen molar-refractivity contribution in [2.45, 2.75) is 0 Å². The molecular weight excluding hydrogens is 362 g/mol. The molecule has 27 heavy (non-hydrogen) atoms. The van der Waals surface area contributed by atoms with Crippen LogP contribution < -0.4 is 0 Å². The molecule has 0 saturated heterocycles. The average molecular weight is 371 g/mol. The van der Waals surface area contributed by atoms with Crippen LogP contribution in [-0.2, 0) is 0 Å². The summed E-state index contributed by atoms with van der Waals surface area (Å²) >= 11 is 1.36. The Morgan fingerprint density at radius 3 is 2.59 bits per heavy atom. The van der Waals surface area contributed by atoms with Crippen molar-refractivity contribution in [3.63, 3.8) is 0 Å². The van der Waals surface area contributed by atoms with E-state index in [1.54, 1.807) is 0 Å². The summed E-state index contributed by atoms with van der Waals surface area (Å²) in [6.45, 7) is 0. The molecule has 0 aliphatic rings. The summed E-state index contributed by atoms with van der Waals surface area (Å²) in [5, 5.41) is 23.7. The van der Waals surface area contributed by atoms with Crippen molar-refractivity contribution >= 4 is 43.8 Å². The summed E-state index contributed by atoms with van der Waals surface area (Å²) in [6.07, 6.45) is 0. The van der Waals surface area contributed by atoms with Crippen LogP contribution in [0.1, 0.15) is 0 Å². The molecule has 0 aliphatic heterocycles. The highest BCUT2D eigenvalue weighted by molar-refractivity contribution is 7.13. The largest absolute Gasteiger partial charge is 0.243 e. The molecule has 6 aromatic rings. The second kappa shape index (κ2) is 5.39. The summed E-state index contributed by atoms with van der Waals surface area (Å²) in [5.74, 6) is 0. The van der Waals surface area contributed by atoms with Crippen LogP contribution in [-0.4, -0.2) is 35.3 Å². The van der Waals surface area contributed by atoms with Crippen molar-refractivity contribution in [2.24, 2.45) is 0 Å². The number of aromatic nitrogens is 7. The summed E-state index contributed by atoms with van der Waals surface area (Å²) < 4.78 is 10.1. The molecule has 8 nitrogen and oxygen atoms in total. The fourth-order valence-corrected chi connectivity index (χ4v) is 4.01. The fraction of sp³-hybridized carbons (Fsp3) is 0. The van der Waals surface area contributed by atoms with Crippen LogP contribution in [0, 0.1) is 0 Å². The number of para-hydroxylation sites is 1. The number of benzene rings is 3. The van der Waals surface area contributed by atoms with E-state index in [0.717, 1.165) is 43.5 Å². The molecule has 1 N–H and O–H groups in total. The quantitative estimate of drug-likeness (QED) is 0.493. The number of hydrogen-bond acceptors (Lipinski definition) is 8. The summed E-state index contributed by atoms with van der Waals surface area (Å²) in [6, 6.07) is 15.8. The molecule has 3 aromatic carbocycles. The van der Waals surface area contributed by atoms with Gasteiger partial charge in [0, 0.05) is 16.7 Å². The standard InChI is InChI=1S/C18H9N7OS/c1-3-10(17-13(6-1)22-26-23-17)9-7-8-14-18(21-25-27-14)15(9)11-4-2-5-12-16(11)20-24-19-12/h1-8H,(H,19,20,24). The lowest BCUT2D eigenvalue weighted by atomic mass is 9.92. The van der Waals surface area contributed by atoms with E-state index in [4.69, 9.17) is 4.63 Å². The first kappa shape index (κ1) is 14.4. The monoisotopic (exact) mass is 371 g/mol. The molecule has 0 atom stereocenters. The highest BCUT2D eigenvalue weighted by Gasteiger charge is 2.20. The van der Waals surface area contributed by atoms with Gasteiger partial charge in [0.2, 0.25) is 0 Å². The second-order valence-electron chi connectivity index (χ2n) is 6.04. The van der Waals surface area contributed by atoms with Crippen LogP contribution in [0.15, 0.2) is 53.2 Å². The van der Waals surface area contributed by atoms with Gasteiger partial charge in [-0.3, -0.25) is 0 Å². The zero-order valence-corrected chi connectivity index (χ0v) is 14.4. The molecule has 0 amide bonds. The van der Waals surface area contributed by atoms with Gasteiger partial charge in [0.15, 0.2) is 0 Å². The van der Waals surface area contributed by atoms with Crippen molar-refractivity contribution in [3.05, 3.63) is 48.5 Å². The van der Waals surface area contributed by atoms with Gasteiger partial charge in [-0.1, -0.05) is 34.8 Å². The van der Waals surface area contributed by atoms with E-state index in [9.17, 15) is 0 Å². The maximum atomic E-state index is 4.95. The number of hydrogen-bond donors (Lipinski definition) is 1. The molecule has 128 valence electrons. The first-order valence-corrected chi connectivity index (χ1v) is 8.94. The molecule has 0 saturated carbocycles. The smallest absolute Gasteiger partial charge is 0.143 e. The predicted molar refractivity (Wildman–Crippen MR) is 101 cm³/mol. The Labute approximate surface area is 155 Å². The van der Waals surface area contributed by atoms with Crippen LogP contribution in [0.5, 0.6) is 0 Å². The zero-order valence-electron chi connectivity index (χ0n) is 13.6. The first-order chi connectivity index (χ1) is 13.4. The maximum Gasteiger partial charge on any atom is 0.143 e. The van der Waals surface area contributed by atoms with E-state index >= 15 is 0 Å². The van der Waals surface area contributed by atoms with Crippen LogP contribution in [0.25, 0.3) is 54.5 Å². The lowest BCUT2D eigenvalue weighted by Crippen LogP contribution is -1.90. The topological polar surface area (TPSA) is 106 Å². The fourth-order valence-electron chi connectivity index (χ4n) is 3.44. The van der Waals surface area contributed by atoms with E-state index < -0.39 is 0 Å². The summed E-state index contributed by atoms with van der Waals surface area (Å²) in [4.78, 5) is 0. The molecule has 0 fully saturated rings. The van der Waals surface area contributed by atoms with E-state index in [0.29, 0.717) is 11.0 Å². The SMILES string of the molecule is c1cc(-c2ccc3snnc3c2-c2cccc3n[nH]nc23)c2nonc2c1. The Balaban J connectivity index is 1.78. The van der Waals surface area contributed by atoms with Gasteiger partial charge in [0.05, 0.1) is 4.70 Å². The van der Waals surface area contributed by atoms with Gasteiger partial charge in [0.25, 0.3) is 0 Å². The van der Waals surface area contributed by atoms with Gasteiger partial charge in [0.1, 0.15) is 27.6 Å². The molecule has 6 rings (SSSR count). The highest BCUT2D eigenvalue weighted by atomic mass is 32.1. The van der Waals surface area contributed by atoms with Gasteiger partial charge in [-0.15, -0.1) is 5.10 Å². The Bertz CT molecular complexity index is 1450. The van der Waals surface area contributed by atoms with Crippen LogP contribution in [0.3, 0.4) is 0 Å². The Morgan fingerprint density at radius 2 is 1.63 bits per heavy atom. The minimum Gasteiger partial charge on any atom is -0.243 e. The molecular formula is C18H9N7OS. The molecule has 0 spiro atoms. The van der Waals surface area contributed by atoms with Crippen molar-refractivity contribution in [1.29, 1.82) is 0 Å². The predicted octanol–water partition coefficient (Wildman–Crippen LogP) is 3.83. The molecule has 0 bridgehead atoms. The number of rotatable bonds is 2. The van der Waals surface area contributed by atoms with Gasteiger partial charge in [-0.25, -0.2) is 4.63 Å². The van der Waals surface area contributed by atoms with Gasteiger partial charge < -0.3 is 0 Å². The molecule has 9 heteroatoms. The maximum absolute atomic E-state index is 4.95. The van der Waals surface area contributed by atoms with Crippen molar-refractivity contribution in [1.82, 2.24) is 35.3 Å². The molecule has 0 radical (unpaired) electrons. The molecule has 0 unspecified atom stereocenters. The average Bonchev–Trinajstić information content (AvgIpc) is 3.45. The normalized spacial score (nSPS) is 11.7. The van der Waals surface area contributed by atoms with Gasteiger partial charge in [-0.2, -0.15) is 15.4 Å². The summed E-state index contributed by atoms with van der Waals surface area (Å²) in [7, 11) is 0. The number of nitrogens with one attached hydrogen (secondary N) is 1. The van der Waals surface area contributed by atoms with E-state index in [1.165, 1.54) is 11.5 Å². The second-order valence-corrected chi connectivity index (χ2v) is 6.83. The Morgan fingerprint density at radius 1 is 0.741 bits per heavy atom. The highest BCUT2D eigenvalue weighted by Crippen LogP contribution is 2.41. The Kier molecular flexibility index (Phi) is 2.88. The van der Waals surface area contributed by atoms with E-state index in [-0.39, 0.29) is 0 Å². The van der Waals surface area contributed by atoms with E-state index in [1.807, 2.05) is 42.5 Å². The molecule has 0 aliphatic carbocycles. The minimum atomic E-state index is 0.702. The molecule has 3 heterocycles. The Hall–Kier alpha value is -3.72. The number of aromatic amines is 1. The van der Waals surface area contributed by atoms with Crippen molar-refractivity contribution in [3.8, 4) is 22.3 Å². The van der Waals surface area contributed by atoms with Gasteiger partial charge in [-0.05, 0) is 45.6 Å². The number of fused-ring (bicyclic) bond motifs is 3. The van der Waals surface area contributed by atoms with Crippen LogP contribution in [0.4, 0.5) is 0 Å². The number of H-pyrrole nitrogens is 1. The minimum absolute atomic E-state index is 0.702. The number of nitrogens with zero attached hydrogens (tertiary/aromatic N) is 6. The third kappa shape index (κ3) is 2.02. The van der Waals surface area contributed by atoms with Gasteiger partial charge >= 0.3 is 0 Å². The van der Waals surface area contributed by atoms with E-state index in [2.05, 4.69) is 41.4 Å². The zero-order chi connectivity index (χ0) is 17.8. The third-order valence-corrected chi connectivity index (χ3v) is 5.30. The lowest BCUT2D eigenvalue weighted by molar-refractivity contribution is 0.315. The van der Waals surface area contributed by atoms with Crippen molar-refractivity contribution < 1.29 is 4.63 Å². The van der Waals surface area contributed by atoms with Crippen LogP contribution >= 0.6 is 11.5 Å². The molecule has 3 aromatic heterocycles. The lowest BCUT2D eigenvalue weighted by Gasteiger charge is -2.11.